The van der Waals surface area contributed by atoms with E-state index in [-0.39, 0.29) is 5.84 Å². The van der Waals surface area contributed by atoms with Gasteiger partial charge in [-0.3, -0.25) is 5.41 Å². The number of nitrogen functional groups attached to an aromatic ring is 1. The van der Waals surface area contributed by atoms with E-state index >= 15 is 0 Å². The number of thiophene rings is 1. The zero-order valence-corrected chi connectivity index (χ0v) is 16.0. The molecule has 0 spiro atoms. The van der Waals surface area contributed by atoms with E-state index in [1.807, 2.05) is 0 Å². The molecule has 0 aliphatic carbocycles. The fraction of sp³-hybridized carbons (Fsp3) is 0. The summed E-state index contributed by atoms with van der Waals surface area (Å²) in [5, 5.41) is 17.9. The lowest BCUT2D eigenvalue weighted by atomic mass is 9.98. The Kier molecular flexibility index (Phi) is 5.42. The SMILES string of the molecule is N#Cc1c(-c2ccnc(N)c2)sc(C(N)=NC=N)c1-c1ccc(Cl)cc1Cl. The number of nitrogens with one attached hydrogen (secondary N) is 1. The van der Waals surface area contributed by atoms with Crippen molar-refractivity contribution < 1.29 is 0 Å². The number of pyridine rings is 1. The van der Waals surface area contributed by atoms with Crippen LogP contribution in [0.4, 0.5) is 5.82 Å². The van der Waals surface area contributed by atoms with Gasteiger partial charge in [0.1, 0.15) is 24.1 Å². The summed E-state index contributed by atoms with van der Waals surface area (Å²) in [6, 6.07) is 10.7. The van der Waals surface area contributed by atoms with Gasteiger partial charge in [0, 0.05) is 27.4 Å². The number of nitriles is 1. The highest BCUT2D eigenvalue weighted by atomic mass is 35.5. The van der Waals surface area contributed by atoms with Gasteiger partial charge in [-0.2, -0.15) is 5.26 Å². The molecule has 27 heavy (non-hydrogen) atoms. The first-order chi connectivity index (χ1) is 13.0. The summed E-state index contributed by atoms with van der Waals surface area (Å²) in [7, 11) is 0. The number of hydrogen-bond acceptors (Lipinski definition) is 5. The Morgan fingerprint density at radius 1 is 1.30 bits per heavy atom. The molecule has 0 atom stereocenters. The highest BCUT2D eigenvalue weighted by Crippen LogP contribution is 2.44. The number of rotatable bonds is 4. The average Bonchev–Trinajstić information content (AvgIpc) is 3.01. The van der Waals surface area contributed by atoms with Gasteiger partial charge in [0.15, 0.2) is 0 Å². The summed E-state index contributed by atoms with van der Waals surface area (Å²) < 4.78 is 0. The molecule has 0 fully saturated rings. The first-order valence-electron chi connectivity index (χ1n) is 7.53. The number of amidine groups is 1. The molecule has 3 aromatic rings. The fourth-order valence-electron chi connectivity index (χ4n) is 2.59. The third-order valence-electron chi connectivity index (χ3n) is 3.70. The molecule has 0 aliphatic heterocycles. The van der Waals surface area contributed by atoms with Gasteiger partial charge in [-0.05, 0) is 29.8 Å². The molecule has 2 aromatic heterocycles. The quantitative estimate of drug-likeness (QED) is 0.427. The minimum atomic E-state index is 0.112. The van der Waals surface area contributed by atoms with Crippen molar-refractivity contribution in [1.29, 1.82) is 10.7 Å². The molecule has 0 amide bonds. The van der Waals surface area contributed by atoms with E-state index < -0.39 is 0 Å². The van der Waals surface area contributed by atoms with Crippen molar-refractivity contribution in [2.45, 2.75) is 0 Å². The molecule has 0 unspecified atom stereocenters. The summed E-state index contributed by atoms with van der Waals surface area (Å²) >= 11 is 13.7. The topological polar surface area (TPSA) is 125 Å². The lowest BCUT2D eigenvalue weighted by Crippen LogP contribution is -2.12. The van der Waals surface area contributed by atoms with Gasteiger partial charge in [-0.15, -0.1) is 11.3 Å². The fourth-order valence-corrected chi connectivity index (χ4v) is 4.26. The van der Waals surface area contributed by atoms with Crippen molar-refractivity contribution in [3.8, 4) is 27.6 Å². The van der Waals surface area contributed by atoms with Crippen molar-refractivity contribution in [2.24, 2.45) is 10.7 Å². The van der Waals surface area contributed by atoms with Gasteiger partial charge < -0.3 is 11.5 Å². The highest BCUT2D eigenvalue weighted by Gasteiger charge is 2.24. The molecular weight excluding hydrogens is 403 g/mol. The molecule has 3 rings (SSSR count). The molecule has 5 N–H and O–H groups in total. The number of aromatic nitrogens is 1. The largest absolute Gasteiger partial charge is 0.384 e. The molecule has 6 nitrogen and oxygen atoms in total. The molecule has 0 bridgehead atoms. The third-order valence-corrected chi connectivity index (χ3v) is 5.51. The zero-order chi connectivity index (χ0) is 19.6. The Bertz CT molecular complexity index is 1110. The molecule has 2 heterocycles. The van der Waals surface area contributed by atoms with Crippen molar-refractivity contribution in [2.75, 3.05) is 5.73 Å². The van der Waals surface area contributed by atoms with Gasteiger partial charge in [0.25, 0.3) is 0 Å². The first kappa shape index (κ1) is 18.9. The Morgan fingerprint density at radius 2 is 2.07 bits per heavy atom. The molecule has 0 aliphatic rings. The predicted molar refractivity (Wildman–Crippen MR) is 112 cm³/mol. The lowest BCUT2D eigenvalue weighted by molar-refractivity contribution is 1.34. The molecule has 1 aromatic carbocycles. The number of nitrogens with zero attached hydrogens (tertiary/aromatic N) is 3. The van der Waals surface area contributed by atoms with E-state index in [2.05, 4.69) is 16.0 Å². The molecule has 9 heteroatoms. The second-order valence-corrected chi connectivity index (χ2v) is 7.22. The van der Waals surface area contributed by atoms with Gasteiger partial charge in [0.2, 0.25) is 0 Å². The standard InChI is InChI=1S/C18H12Cl2N6S/c19-10-1-2-11(13(20)6-10)15-12(7-21)16(9-3-4-25-14(23)5-9)27-17(15)18(24)26-8-22/h1-6,8H,(H2,23,25)(H3,22,24,26). The minimum absolute atomic E-state index is 0.112. The summed E-state index contributed by atoms with van der Waals surface area (Å²) in [4.78, 5) is 9.03. The normalized spacial score (nSPS) is 11.2. The van der Waals surface area contributed by atoms with E-state index in [9.17, 15) is 5.26 Å². The number of benzene rings is 1. The van der Waals surface area contributed by atoms with Crippen LogP contribution in [0.25, 0.3) is 21.6 Å². The average molecular weight is 415 g/mol. The van der Waals surface area contributed by atoms with E-state index in [0.717, 1.165) is 11.9 Å². The lowest BCUT2D eigenvalue weighted by Gasteiger charge is -2.07. The van der Waals surface area contributed by atoms with Crippen LogP contribution >= 0.6 is 34.5 Å². The van der Waals surface area contributed by atoms with Gasteiger partial charge in [-0.25, -0.2) is 9.98 Å². The van der Waals surface area contributed by atoms with Crippen LogP contribution in [0.1, 0.15) is 10.4 Å². The Balaban J connectivity index is 2.38. The van der Waals surface area contributed by atoms with Crippen LogP contribution in [0.5, 0.6) is 0 Å². The third kappa shape index (κ3) is 3.64. The second-order valence-electron chi connectivity index (χ2n) is 5.36. The summed E-state index contributed by atoms with van der Waals surface area (Å²) in [5.41, 5.74) is 14.1. The van der Waals surface area contributed by atoms with Gasteiger partial charge >= 0.3 is 0 Å². The van der Waals surface area contributed by atoms with Gasteiger partial charge in [0.05, 0.1) is 15.3 Å². The number of aliphatic imine (C=N–C) groups is 1. The van der Waals surface area contributed by atoms with Crippen LogP contribution in [-0.2, 0) is 0 Å². The maximum absolute atomic E-state index is 9.88. The molecule has 0 saturated heterocycles. The van der Waals surface area contributed by atoms with Crippen molar-refractivity contribution in [3.05, 3.63) is 57.0 Å². The second kappa shape index (κ2) is 7.76. The van der Waals surface area contributed by atoms with Crippen LogP contribution in [0.2, 0.25) is 10.0 Å². The Labute approximate surface area is 169 Å². The smallest absolute Gasteiger partial charge is 0.143 e. The van der Waals surface area contributed by atoms with Crippen LogP contribution in [0, 0.1) is 16.7 Å². The summed E-state index contributed by atoms with van der Waals surface area (Å²) in [6.45, 7) is 0. The molecular formula is C18H12Cl2N6S. The molecule has 0 saturated carbocycles. The van der Waals surface area contributed by atoms with Crippen molar-refractivity contribution >= 4 is 52.5 Å². The zero-order valence-electron chi connectivity index (χ0n) is 13.7. The van der Waals surface area contributed by atoms with E-state index in [0.29, 0.717) is 42.3 Å². The monoisotopic (exact) mass is 414 g/mol. The maximum Gasteiger partial charge on any atom is 0.143 e. The van der Waals surface area contributed by atoms with Crippen LogP contribution < -0.4 is 11.5 Å². The molecule has 134 valence electrons. The van der Waals surface area contributed by atoms with E-state index in [1.54, 1.807) is 36.5 Å². The van der Waals surface area contributed by atoms with E-state index in [1.165, 1.54) is 11.3 Å². The van der Waals surface area contributed by atoms with Crippen LogP contribution in [0.3, 0.4) is 0 Å². The highest BCUT2D eigenvalue weighted by molar-refractivity contribution is 7.18. The maximum atomic E-state index is 9.88. The summed E-state index contributed by atoms with van der Waals surface area (Å²) in [5.74, 6) is 0.444. The number of halogens is 2. The number of anilines is 1. The Hall–Kier alpha value is -2.92. The number of nitrogens with two attached hydrogens (primary N) is 2. The van der Waals surface area contributed by atoms with Crippen LogP contribution in [0.15, 0.2) is 41.5 Å². The summed E-state index contributed by atoms with van der Waals surface area (Å²) in [6.07, 6.45) is 2.41. The van der Waals surface area contributed by atoms with Gasteiger partial charge in [-0.1, -0.05) is 29.3 Å². The Morgan fingerprint density at radius 3 is 2.70 bits per heavy atom. The van der Waals surface area contributed by atoms with E-state index in [4.69, 9.17) is 40.1 Å². The first-order valence-corrected chi connectivity index (χ1v) is 9.10. The van der Waals surface area contributed by atoms with Crippen molar-refractivity contribution in [3.63, 3.8) is 0 Å². The molecule has 0 radical (unpaired) electrons. The van der Waals surface area contributed by atoms with Crippen molar-refractivity contribution in [1.82, 2.24) is 4.98 Å². The minimum Gasteiger partial charge on any atom is -0.384 e. The predicted octanol–water partition coefficient (Wildman–Crippen LogP) is 4.55. The van der Waals surface area contributed by atoms with Crippen LogP contribution in [-0.4, -0.2) is 17.2 Å². The number of hydrogen-bond donors (Lipinski definition) is 3.